The van der Waals surface area contributed by atoms with Crippen molar-refractivity contribution in [3.63, 3.8) is 0 Å². The van der Waals surface area contributed by atoms with Crippen molar-refractivity contribution in [3.8, 4) is 5.75 Å². The largest absolute Gasteiger partial charge is 0.497 e. The van der Waals surface area contributed by atoms with Gasteiger partial charge in [-0.1, -0.05) is 19.1 Å². The lowest BCUT2D eigenvalue weighted by Gasteiger charge is -2.18. The molecule has 0 aliphatic heterocycles. The van der Waals surface area contributed by atoms with Crippen LogP contribution in [0.2, 0.25) is 0 Å². The Morgan fingerprint density at radius 2 is 2.14 bits per heavy atom. The first-order chi connectivity index (χ1) is 6.69. The summed E-state index contributed by atoms with van der Waals surface area (Å²) in [5.74, 6) is 1.12. The fraction of sp³-hybridized carbons (Fsp3) is 0.455. The van der Waals surface area contributed by atoms with Gasteiger partial charge in [0.15, 0.2) is 0 Å². The average molecular weight is 194 g/mol. The van der Waals surface area contributed by atoms with E-state index in [-0.39, 0.29) is 12.0 Å². The van der Waals surface area contributed by atoms with Gasteiger partial charge in [0.1, 0.15) is 5.75 Å². The Labute approximate surface area is 85.0 Å². The van der Waals surface area contributed by atoms with Gasteiger partial charge in [-0.25, -0.2) is 0 Å². The van der Waals surface area contributed by atoms with Gasteiger partial charge in [0.2, 0.25) is 0 Å². The molecule has 78 valence electrons. The van der Waals surface area contributed by atoms with Gasteiger partial charge in [-0.3, -0.25) is 0 Å². The molecule has 0 radical (unpaired) electrons. The number of hydrogen-bond acceptors (Lipinski definition) is 3. The fourth-order valence-electron chi connectivity index (χ4n) is 1.32. The maximum atomic E-state index is 6.04. The molecule has 0 amide bonds. The summed E-state index contributed by atoms with van der Waals surface area (Å²) in [4.78, 5) is 0. The predicted molar refractivity (Wildman–Crippen MR) is 58.1 cm³/mol. The maximum Gasteiger partial charge on any atom is 0.119 e. The van der Waals surface area contributed by atoms with Crippen LogP contribution in [0.25, 0.3) is 0 Å². The molecule has 0 fully saturated rings. The second-order valence-electron chi connectivity index (χ2n) is 3.52. The van der Waals surface area contributed by atoms with Crippen LogP contribution in [0.3, 0.4) is 0 Å². The Kier molecular flexibility index (Phi) is 3.92. The Hall–Kier alpha value is -1.06. The van der Waals surface area contributed by atoms with E-state index in [0.29, 0.717) is 6.54 Å². The third-order valence-corrected chi connectivity index (χ3v) is 2.46. The van der Waals surface area contributed by atoms with Crippen molar-refractivity contribution in [1.82, 2.24) is 0 Å². The molecular formula is C11H18N2O. The molecular weight excluding hydrogens is 176 g/mol. The van der Waals surface area contributed by atoms with Crippen molar-refractivity contribution in [3.05, 3.63) is 29.8 Å². The van der Waals surface area contributed by atoms with E-state index >= 15 is 0 Å². The first-order valence-electron chi connectivity index (χ1n) is 4.78. The topological polar surface area (TPSA) is 61.3 Å². The molecule has 2 atom stereocenters. The van der Waals surface area contributed by atoms with Crippen molar-refractivity contribution >= 4 is 0 Å². The molecule has 0 aliphatic carbocycles. The summed E-state index contributed by atoms with van der Waals surface area (Å²) in [7, 11) is 1.65. The quantitative estimate of drug-likeness (QED) is 0.759. The molecule has 2 unspecified atom stereocenters. The normalized spacial score (nSPS) is 14.9. The molecule has 0 aliphatic rings. The first-order valence-corrected chi connectivity index (χ1v) is 4.78. The summed E-state index contributed by atoms with van der Waals surface area (Å²) < 4.78 is 5.13. The van der Waals surface area contributed by atoms with Crippen LogP contribution in [0.5, 0.6) is 5.75 Å². The van der Waals surface area contributed by atoms with E-state index in [0.717, 1.165) is 11.3 Å². The Balaban J connectivity index is 2.83. The SMILES string of the molecule is COc1cccc(C(N)C(C)CN)c1. The van der Waals surface area contributed by atoms with Gasteiger partial charge in [0.05, 0.1) is 7.11 Å². The van der Waals surface area contributed by atoms with Crippen molar-refractivity contribution < 1.29 is 4.74 Å². The second kappa shape index (κ2) is 4.98. The molecule has 4 N–H and O–H groups in total. The van der Waals surface area contributed by atoms with Crippen molar-refractivity contribution in [2.24, 2.45) is 17.4 Å². The van der Waals surface area contributed by atoms with Crippen LogP contribution in [0.4, 0.5) is 0 Å². The highest BCUT2D eigenvalue weighted by molar-refractivity contribution is 5.30. The zero-order chi connectivity index (χ0) is 10.6. The molecule has 1 rings (SSSR count). The van der Waals surface area contributed by atoms with Crippen LogP contribution in [0.15, 0.2) is 24.3 Å². The van der Waals surface area contributed by atoms with Crippen molar-refractivity contribution in [2.75, 3.05) is 13.7 Å². The number of benzene rings is 1. The predicted octanol–water partition coefficient (Wildman–Crippen LogP) is 1.29. The van der Waals surface area contributed by atoms with Crippen LogP contribution in [-0.4, -0.2) is 13.7 Å². The lowest BCUT2D eigenvalue weighted by atomic mass is 9.95. The van der Waals surface area contributed by atoms with E-state index in [4.69, 9.17) is 16.2 Å². The second-order valence-corrected chi connectivity index (χ2v) is 3.52. The van der Waals surface area contributed by atoms with Crippen LogP contribution >= 0.6 is 0 Å². The molecule has 0 spiro atoms. The summed E-state index contributed by atoms with van der Waals surface area (Å²) in [6.07, 6.45) is 0. The molecule has 0 aromatic heterocycles. The molecule has 3 heteroatoms. The lowest BCUT2D eigenvalue weighted by Crippen LogP contribution is -2.25. The zero-order valence-electron chi connectivity index (χ0n) is 8.73. The van der Waals surface area contributed by atoms with Gasteiger partial charge in [-0.15, -0.1) is 0 Å². The molecule has 0 bridgehead atoms. The highest BCUT2D eigenvalue weighted by atomic mass is 16.5. The minimum Gasteiger partial charge on any atom is -0.497 e. The van der Waals surface area contributed by atoms with Crippen LogP contribution in [0.1, 0.15) is 18.5 Å². The molecule has 1 aromatic carbocycles. The third kappa shape index (κ3) is 2.47. The Morgan fingerprint density at radius 3 is 2.71 bits per heavy atom. The fourth-order valence-corrected chi connectivity index (χ4v) is 1.32. The van der Waals surface area contributed by atoms with Gasteiger partial charge in [-0.05, 0) is 30.2 Å². The van der Waals surface area contributed by atoms with Crippen LogP contribution in [-0.2, 0) is 0 Å². The van der Waals surface area contributed by atoms with Gasteiger partial charge in [0.25, 0.3) is 0 Å². The number of hydrogen-bond donors (Lipinski definition) is 2. The van der Waals surface area contributed by atoms with Crippen molar-refractivity contribution in [2.45, 2.75) is 13.0 Å². The average Bonchev–Trinajstić information content (AvgIpc) is 2.27. The lowest BCUT2D eigenvalue weighted by molar-refractivity contribution is 0.411. The van der Waals surface area contributed by atoms with E-state index < -0.39 is 0 Å². The minimum atomic E-state index is -0.0184. The van der Waals surface area contributed by atoms with E-state index in [2.05, 4.69) is 0 Å². The third-order valence-electron chi connectivity index (χ3n) is 2.46. The van der Waals surface area contributed by atoms with Gasteiger partial charge >= 0.3 is 0 Å². The first kappa shape index (κ1) is 11.0. The summed E-state index contributed by atoms with van der Waals surface area (Å²) in [6, 6.07) is 7.78. The monoisotopic (exact) mass is 194 g/mol. The van der Waals surface area contributed by atoms with E-state index in [1.165, 1.54) is 0 Å². The highest BCUT2D eigenvalue weighted by Crippen LogP contribution is 2.22. The number of rotatable bonds is 4. The highest BCUT2D eigenvalue weighted by Gasteiger charge is 2.13. The van der Waals surface area contributed by atoms with Gasteiger partial charge in [-0.2, -0.15) is 0 Å². The molecule has 1 aromatic rings. The van der Waals surface area contributed by atoms with E-state index in [9.17, 15) is 0 Å². The molecule has 0 saturated carbocycles. The van der Waals surface area contributed by atoms with E-state index in [1.807, 2.05) is 31.2 Å². The number of ether oxygens (including phenoxy) is 1. The van der Waals surface area contributed by atoms with Gasteiger partial charge in [0, 0.05) is 6.04 Å². The summed E-state index contributed by atoms with van der Waals surface area (Å²) in [5, 5.41) is 0. The molecule has 0 saturated heterocycles. The Bertz CT molecular complexity index is 288. The van der Waals surface area contributed by atoms with Crippen LogP contribution in [0, 0.1) is 5.92 Å². The van der Waals surface area contributed by atoms with Gasteiger partial charge < -0.3 is 16.2 Å². The maximum absolute atomic E-state index is 6.04. The van der Waals surface area contributed by atoms with Crippen molar-refractivity contribution in [1.29, 1.82) is 0 Å². The van der Waals surface area contributed by atoms with Crippen LogP contribution < -0.4 is 16.2 Å². The summed E-state index contributed by atoms with van der Waals surface area (Å²) in [6.45, 7) is 2.64. The van der Waals surface area contributed by atoms with E-state index in [1.54, 1.807) is 7.11 Å². The smallest absolute Gasteiger partial charge is 0.119 e. The molecule has 14 heavy (non-hydrogen) atoms. The molecule has 0 heterocycles. The standard InChI is InChI=1S/C11H18N2O/c1-8(7-12)11(13)9-4-3-5-10(6-9)14-2/h3-6,8,11H,7,12-13H2,1-2H3. The number of nitrogens with two attached hydrogens (primary N) is 2. The number of methoxy groups -OCH3 is 1. The minimum absolute atomic E-state index is 0.0184. The molecule has 3 nitrogen and oxygen atoms in total. The Morgan fingerprint density at radius 1 is 1.43 bits per heavy atom. The summed E-state index contributed by atoms with van der Waals surface area (Å²) >= 11 is 0. The summed E-state index contributed by atoms with van der Waals surface area (Å²) in [5.41, 5.74) is 12.7. The zero-order valence-corrected chi connectivity index (χ0v) is 8.73.